The van der Waals surface area contributed by atoms with Crippen LogP contribution in [0.25, 0.3) is 0 Å². The fraction of sp³-hybridized carbons (Fsp3) is 0.500. The van der Waals surface area contributed by atoms with Crippen molar-refractivity contribution >= 4 is 29.5 Å². The average molecular weight is 389 g/mol. The van der Waals surface area contributed by atoms with Gasteiger partial charge in [-0.3, -0.25) is 19.3 Å². The summed E-state index contributed by atoms with van der Waals surface area (Å²) in [7, 11) is 0. The van der Waals surface area contributed by atoms with E-state index >= 15 is 0 Å². The van der Waals surface area contributed by atoms with Crippen molar-refractivity contribution in [3.05, 3.63) is 29.8 Å². The summed E-state index contributed by atoms with van der Waals surface area (Å²) in [5.41, 5.74) is 0.761. The molecule has 0 bridgehead atoms. The fourth-order valence-electron chi connectivity index (χ4n) is 2.78. The summed E-state index contributed by atoms with van der Waals surface area (Å²) in [6.07, 6.45) is 1.43. The van der Waals surface area contributed by atoms with Gasteiger partial charge in [-0.05, 0) is 43.4 Å². The van der Waals surface area contributed by atoms with Gasteiger partial charge in [0, 0.05) is 5.69 Å². The quantitative estimate of drug-likeness (QED) is 0.525. The molecule has 1 aliphatic heterocycles. The summed E-state index contributed by atoms with van der Waals surface area (Å²) in [4.78, 5) is 48.8. The normalized spacial score (nSPS) is 19.9. The van der Waals surface area contributed by atoms with E-state index in [-0.39, 0.29) is 0 Å². The molecule has 1 aromatic rings. The molecular formula is C20H27N3O5. The van der Waals surface area contributed by atoms with Crippen LogP contribution in [0.15, 0.2) is 24.3 Å². The minimum atomic E-state index is -1.02. The fourth-order valence-corrected chi connectivity index (χ4v) is 2.78. The highest BCUT2D eigenvalue weighted by Gasteiger charge is 2.47. The molecule has 2 N–H and O–H groups in total. The van der Waals surface area contributed by atoms with Crippen molar-refractivity contribution in [2.45, 2.75) is 52.0 Å². The predicted octanol–water partition coefficient (Wildman–Crippen LogP) is 2.40. The van der Waals surface area contributed by atoms with Crippen LogP contribution in [-0.2, 0) is 19.1 Å². The van der Waals surface area contributed by atoms with E-state index in [0.717, 1.165) is 11.3 Å². The first-order chi connectivity index (χ1) is 13.2. The number of imide groups is 1. The third kappa shape index (κ3) is 4.88. The Labute approximate surface area is 164 Å². The van der Waals surface area contributed by atoms with Crippen molar-refractivity contribution in [3.8, 4) is 0 Å². The Bertz CT molecular complexity index is 762. The SMILES string of the molecule is CC[C@H](C)c1ccc(NC(=O)COC(=O)CN2C(=O)N[C@](C)(CC)C2=O)cc1. The smallest absolute Gasteiger partial charge is 0.326 e. The predicted molar refractivity (Wildman–Crippen MR) is 104 cm³/mol. The molecule has 8 nitrogen and oxygen atoms in total. The number of rotatable bonds is 8. The maximum Gasteiger partial charge on any atom is 0.326 e. The van der Waals surface area contributed by atoms with Crippen LogP contribution in [0.4, 0.5) is 10.5 Å². The lowest BCUT2D eigenvalue weighted by Crippen LogP contribution is -2.43. The molecule has 2 atom stereocenters. The second-order valence-electron chi connectivity index (χ2n) is 7.15. The number of carbonyl (C=O) groups is 4. The minimum Gasteiger partial charge on any atom is -0.454 e. The van der Waals surface area contributed by atoms with Gasteiger partial charge in [0.05, 0.1) is 0 Å². The van der Waals surface area contributed by atoms with Crippen LogP contribution >= 0.6 is 0 Å². The Morgan fingerprint density at radius 2 is 1.86 bits per heavy atom. The summed E-state index contributed by atoms with van der Waals surface area (Å²) < 4.78 is 4.89. The van der Waals surface area contributed by atoms with Crippen LogP contribution in [0.5, 0.6) is 0 Å². The van der Waals surface area contributed by atoms with Crippen LogP contribution in [0.2, 0.25) is 0 Å². The molecule has 1 heterocycles. The highest BCUT2D eigenvalue weighted by Crippen LogP contribution is 2.21. The maximum atomic E-state index is 12.2. The number of carbonyl (C=O) groups excluding carboxylic acids is 4. The van der Waals surface area contributed by atoms with Crippen LogP contribution in [-0.4, -0.2) is 47.4 Å². The second-order valence-corrected chi connectivity index (χ2v) is 7.15. The first-order valence-corrected chi connectivity index (χ1v) is 9.39. The van der Waals surface area contributed by atoms with Gasteiger partial charge in [-0.1, -0.05) is 32.9 Å². The molecule has 2 rings (SSSR count). The van der Waals surface area contributed by atoms with Gasteiger partial charge in [-0.15, -0.1) is 0 Å². The summed E-state index contributed by atoms with van der Waals surface area (Å²) in [5.74, 6) is -1.38. The zero-order valence-electron chi connectivity index (χ0n) is 16.7. The Morgan fingerprint density at radius 3 is 2.39 bits per heavy atom. The van der Waals surface area contributed by atoms with E-state index in [9.17, 15) is 19.2 Å². The third-order valence-corrected chi connectivity index (χ3v) is 5.08. The number of esters is 1. The average Bonchev–Trinajstić information content (AvgIpc) is 2.90. The lowest BCUT2D eigenvalue weighted by molar-refractivity contribution is -0.150. The van der Waals surface area contributed by atoms with Crippen LogP contribution in [0, 0.1) is 0 Å². The monoisotopic (exact) mass is 389 g/mol. The van der Waals surface area contributed by atoms with E-state index in [0.29, 0.717) is 18.0 Å². The van der Waals surface area contributed by atoms with Crippen molar-refractivity contribution in [2.75, 3.05) is 18.5 Å². The molecule has 0 aromatic heterocycles. The number of nitrogens with one attached hydrogen (secondary N) is 2. The molecule has 1 fully saturated rings. The molecule has 4 amide bonds. The van der Waals surface area contributed by atoms with Gasteiger partial charge in [-0.25, -0.2) is 4.79 Å². The Balaban J connectivity index is 1.82. The molecule has 1 aromatic carbocycles. The van der Waals surface area contributed by atoms with E-state index < -0.39 is 42.5 Å². The van der Waals surface area contributed by atoms with Gasteiger partial charge in [0.2, 0.25) is 0 Å². The lowest BCUT2D eigenvalue weighted by atomic mass is 9.99. The molecule has 1 saturated heterocycles. The van der Waals surface area contributed by atoms with E-state index in [1.807, 2.05) is 12.1 Å². The van der Waals surface area contributed by atoms with Gasteiger partial charge in [0.1, 0.15) is 12.1 Å². The van der Waals surface area contributed by atoms with Gasteiger partial charge in [-0.2, -0.15) is 0 Å². The van der Waals surface area contributed by atoms with Gasteiger partial charge in [0.25, 0.3) is 11.8 Å². The number of anilines is 1. The van der Waals surface area contributed by atoms with Crippen molar-refractivity contribution in [1.82, 2.24) is 10.2 Å². The molecule has 8 heteroatoms. The van der Waals surface area contributed by atoms with Crippen LogP contribution < -0.4 is 10.6 Å². The van der Waals surface area contributed by atoms with Gasteiger partial charge >= 0.3 is 12.0 Å². The summed E-state index contributed by atoms with van der Waals surface area (Å²) in [5, 5.41) is 5.19. The standard InChI is InChI=1S/C20H27N3O5/c1-5-13(3)14-7-9-15(10-8-14)21-16(24)12-28-17(25)11-23-18(26)20(4,6-2)22-19(23)27/h7-10,13H,5-6,11-12H2,1-4H3,(H,21,24)(H,22,27)/t13-,20+/m0/s1. The summed E-state index contributed by atoms with van der Waals surface area (Å²) in [6.45, 7) is 6.56. The summed E-state index contributed by atoms with van der Waals surface area (Å²) in [6, 6.07) is 6.83. The maximum absolute atomic E-state index is 12.2. The first kappa shape index (κ1) is 21.4. The van der Waals surface area contributed by atoms with Crippen LogP contribution in [0.3, 0.4) is 0 Å². The van der Waals surface area contributed by atoms with Crippen molar-refractivity contribution in [1.29, 1.82) is 0 Å². The topological polar surface area (TPSA) is 105 Å². The largest absolute Gasteiger partial charge is 0.454 e. The zero-order chi connectivity index (χ0) is 20.9. The van der Waals surface area contributed by atoms with Crippen molar-refractivity contribution < 1.29 is 23.9 Å². The van der Waals surface area contributed by atoms with E-state index in [1.165, 1.54) is 5.56 Å². The molecule has 0 saturated carbocycles. The molecule has 28 heavy (non-hydrogen) atoms. The number of hydrogen-bond acceptors (Lipinski definition) is 5. The number of ether oxygens (including phenoxy) is 1. The third-order valence-electron chi connectivity index (χ3n) is 5.08. The molecule has 152 valence electrons. The van der Waals surface area contributed by atoms with Crippen molar-refractivity contribution in [3.63, 3.8) is 0 Å². The highest BCUT2D eigenvalue weighted by molar-refractivity contribution is 6.08. The van der Waals surface area contributed by atoms with E-state index in [4.69, 9.17) is 4.74 Å². The molecule has 0 unspecified atom stereocenters. The van der Waals surface area contributed by atoms with E-state index in [1.54, 1.807) is 26.0 Å². The minimum absolute atomic E-state index is 0.404. The summed E-state index contributed by atoms with van der Waals surface area (Å²) >= 11 is 0. The number of hydrogen-bond donors (Lipinski definition) is 2. The number of amides is 4. The number of benzene rings is 1. The van der Waals surface area contributed by atoms with Crippen molar-refractivity contribution in [2.24, 2.45) is 0 Å². The van der Waals surface area contributed by atoms with Gasteiger partial charge < -0.3 is 15.4 Å². The van der Waals surface area contributed by atoms with Crippen LogP contribution in [0.1, 0.15) is 52.0 Å². The zero-order valence-corrected chi connectivity index (χ0v) is 16.7. The number of urea groups is 1. The Kier molecular flexibility index (Phi) is 6.77. The highest BCUT2D eigenvalue weighted by atomic mass is 16.5. The molecular weight excluding hydrogens is 362 g/mol. The van der Waals surface area contributed by atoms with E-state index in [2.05, 4.69) is 24.5 Å². The first-order valence-electron chi connectivity index (χ1n) is 9.39. The lowest BCUT2D eigenvalue weighted by Gasteiger charge is -2.18. The number of nitrogens with zero attached hydrogens (tertiary/aromatic N) is 1. The van der Waals surface area contributed by atoms with Gasteiger partial charge in [0.15, 0.2) is 6.61 Å². The molecule has 1 aliphatic rings. The Morgan fingerprint density at radius 1 is 1.21 bits per heavy atom. The molecule has 0 radical (unpaired) electrons. The second kappa shape index (κ2) is 8.86. The molecule has 0 aliphatic carbocycles. The Hall–Kier alpha value is -2.90. The molecule has 0 spiro atoms.